The number of aromatic nitrogens is 1. The lowest BCUT2D eigenvalue weighted by molar-refractivity contribution is -0.121. The molecule has 0 aliphatic carbocycles. The minimum atomic E-state index is -0.328. The van der Waals surface area contributed by atoms with Crippen molar-refractivity contribution >= 4 is 23.4 Å². The molecule has 6 nitrogen and oxygen atoms in total. The lowest BCUT2D eigenvalue weighted by Crippen LogP contribution is -2.52. The van der Waals surface area contributed by atoms with Gasteiger partial charge in [-0.15, -0.1) is 0 Å². The standard InChI is InChI=1S/C18H22ClFN4O2/c1-12-9-17(26-22-12)21-18(25)13(2)24-7-5-23(6-8-24)11-14-3-4-15(20)10-16(14)19/h3-4,9-10,13H,5-8,11H2,1-2H3,(H,21,25)/t13-/m0/s1. The first-order valence-corrected chi connectivity index (χ1v) is 8.94. The van der Waals surface area contributed by atoms with E-state index in [2.05, 4.69) is 20.3 Å². The molecule has 3 rings (SSSR count). The molecule has 1 saturated heterocycles. The van der Waals surface area contributed by atoms with Crippen molar-refractivity contribution in [3.8, 4) is 0 Å². The molecular weight excluding hydrogens is 359 g/mol. The summed E-state index contributed by atoms with van der Waals surface area (Å²) >= 11 is 6.10. The van der Waals surface area contributed by atoms with Gasteiger partial charge in [0.05, 0.1) is 11.7 Å². The number of piperazine rings is 1. The van der Waals surface area contributed by atoms with E-state index in [1.807, 2.05) is 6.92 Å². The number of anilines is 1. The first-order chi connectivity index (χ1) is 12.4. The largest absolute Gasteiger partial charge is 0.338 e. The van der Waals surface area contributed by atoms with Crippen molar-refractivity contribution in [2.24, 2.45) is 0 Å². The van der Waals surface area contributed by atoms with Gasteiger partial charge in [-0.1, -0.05) is 22.8 Å². The molecule has 1 fully saturated rings. The highest BCUT2D eigenvalue weighted by Gasteiger charge is 2.26. The maximum Gasteiger partial charge on any atom is 0.243 e. The predicted octanol–water partition coefficient (Wildman–Crippen LogP) is 2.92. The van der Waals surface area contributed by atoms with Gasteiger partial charge < -0.3 is 4.52 Å². The summed E-state index contributed by atoms with van der Waals surface area (Å²) in [4.78, 5) is 16.7. The second kappa shape index (κ2) is 8.16. The predicted molar refractivity (Wildman–Crippen MR) is 97.6 cm³/mol. The Balaban J connectivity index is 1.50. The van der Waals surface area contributed by atoms with E-state index < -0.39 is 0 Å². The van der Waals surface area contributed by atoms with Gasteiger partial charge in [-0.05, 0) is 31.5 Å². The summed E-state index contributed by atoms with van der Waals surface area (Å²) in [5, 5.41) is 6.95. The van der Waals surface area contributed by atoms with Crippen molar-refractivity contribution in [1.82, 2.24) is 15.0 Å². The van der Waals surface area contributed by atoms with Crippen LogP contribution in [0.25, 0.3) is 0 Å². The first kappa shape index (κ1) is 18.8. The minimum absolute atomic E-state index is 0.115. The molecule has 2 heterocycles. The third-order valence-corrected chi connectivity index (χ3v) is 4.97. The average Bonchev–Trinajstić information content (AvgIpc) is 3.02. The highest BCUT2D eigenvalue weighted by atomic mass is 35.5. The summed E-state index contributed by atoms with van der Waals surface area (Å²) in [6.45, 7) is 7.51. The van der Waals surface area contributed by atoms with Crippen molar-refractivity contribution in [2.45, 2.75) is 26.4 Å². The molecule has 8 heteroatoms. The van der Waals surface area contributed by atoms with Gasteiger partial charge in [-0.25, -0.2) is 4.39 Å². The van der Waals surface area contributed by atoms with Crippen LogP contribution in [0, 0.1) is 12.7 Å². The van der Waals surface area contributed by atoms with E-state index in [1.165, 1.54) is 12.1 Å². The van der Waals surface area contributed by atoms with Crippen molar-refractivity contribution in [2.75, 3.05) is 31.5 Å². The van der Waals surface area contributed by atoms with Gasteiger partial charge in [-0.3, -0.25) is 19.9 Å². The lowest BCUT2D eigenvalue weighted by atomic mass is 10.1. The molecule has 0 radical (unpaired) electrons. The molecular formula is C18H22ClFN4O2. The van der Waals surface area contributed by atoms with Crippen LogP contribution in [0.2, 0.25) is 5.02 Å². The van der Waals surface area contributed by atoms with Crippen LogP contribution in [0.1, 0.15) is 18.2 Å². The number of hydrogen-bond acceptors (Lipinski definition) is 5. The number of halogens is 2. The second-order valence-electron chi connectivity index (χ2n) is 6.55. The van der Waals surface area contributed by atoms with Crippen molar-refractivity contribution in [1.29, 1.82) is 0 Å². The molecule has 140 valence electrons. The molecule has 1 aliphatic rings. The van der Waals surface area contributed by atoms with E-state index in [-0.39, 0.29) is 17.8 Å². The van der Waals surface area contributed by atoms with Gasteiger partial charge in [-0.2, -0.15) is 0 Å². The maximum atomic E-state index is 13.1. The van der Waals surface area contributed by atoms with Crippen LogP contribution in [-0.2, 0) is 11.3 Å². The molecule has 2 aromatic rings. The van der Waals surface area contributed by atoms with Gasteiger partial charge in [0, 0.05) is 43.8 Å². The van der Waals surface area contributed by atoms with Gasteiger partial charge >= 0.3 is 0 Å². The number of carbonyl (C=O) groups is 1. The Morgan fingerprint density at radius 2 is 2.08 bits per heavy atom. The van der Waals surface area contributed by atoms with Crippen LogP contribution >= 0.6 is 11.6 Å². The first-order valence-electron chi connectivity index (χ1n) is 8.57. The Labute approximate surface area is 156 Å². The fourth-order valence-corrected chi connectivity index (χ4v) is 3.24. The van der Waals surface area contributed by atoms with Crippen LogP contribution in [0.4, 0.5) is 10.3 Å². The van der Waals surface area contributed by atoms with Gasteiger partial charge in [0.1, 0.15) is 5.82 Å². The molecule has 0 bridgehead atoms. The monoisotopic (exact) mass is 380 g/mol. The zero-order valence-electron chi connectivity index (χ0n) is 14.8. The smallest absolute Gasteiger partial charge is 0.243 e. The number of carbonyl (C=O) groups excluding carboxylic acids is 1. The molecule has 0 saturated carbocycles. The van der Waals surface area contributed by atoms with E-state index in [4.69, 9.17) is 16.1 Å². The zero-order valence-corrected chi connectivity index (χ0v) is 15.6. The molecule has 1 amide bonds. The Bertz CT molecular complexity index is 774. The van der Waals surface area contributed by atoms with E-state index in [9.17, 15) is 9.18 Å². The van der Waals surface area contributed by atoms with Gasteiger partial charge in [0.15, 0.2) is 0 Å². The Morgan fingerprint density at radius 3 is 2.69 bits per heavy atom. The van der Waals surface area contributed by atoms with Crippen LogP contribution in [0.3, 0.4) is 0 Å². The molecule has 1 N–H and O–H groups in total. The summed E-state index contributed by atoms with van der Waals surface area (Å²) < 4.78 is 18.2. The fourth-order valence-electron chi connectivity index (χ4n) is 3.01. The summed E-state index contributed by atoms with van der Waals surface area (Å²) in [5.41, 5.74) is 1.63. The summed E-state index contributed by atoms with van der Waals surface area (Å²) in [7, 11) is 0. The normalized spacial score (nSPS) is 17.2. The Hall–Kier alpha value is -1.96. The van der Waals surface area contributed by atoms with Crippen LogP contribution < -0.4 is 5.32 Å². The quantitative estimate of drug-likeness (QED) is 0.864. The number of amides is 1. The average molecular weight is 381 g/mol. The fraction of sp³-hybridized carbons (Fsp3) is 0.444. The molecule has 0 unspecified atom stereocenters. The number of aryl methyl sites for hydroxylation is 1. The van der Waals surface area contributed by atoms with Crippen molar-refractivity contribution < 1.29 is 13.7 Å². The third-order valence-electron chi connectivity index (χ3n) is 4.62. The Morgan fingerprint density at radius 1 is 1.35 bits per heavy atom. The van der Waals surface area contributed by atoms with Gasteiger partial charge in [0.2, 0.25) is 11.8 Å². The summed E-state index contributed by atoms with van der Waals surface area (Å²) in [6, 6.07) is 5.91. The SMILES string of the molecule is Cc1cc(NC(=O)[C@H](C)N2CCN(Cc3ccc(F)cc3Cl)CC2)on1. The molecule has 1 atom stereocenters. The number of rotatable bonds is 5. The molecule has 1 aromatic carbocycles. The zero-order chi connectivity index (χ0) is 18.7. The molecule has 0 spiro atoms. The van der Waals surface area contributed by atoms with Crippen molar-refractivity contribution in [3.05, 3.63) is 46.4 Å². The lowest BCUT2D eigenvalue weighted by Gasteiger charge is -2.37. The van der Waals surface area contributed by atoms with Crippen LogP contribution in [-0.4, -0.2) is 53.1 Å². The molecule has 1 aliphatic heterocycles. The maximum absolute atomic E-state index is 13.1. The molecule has 26 heavy (non-hydrogen) atoms. The molecule has 1 aromatic heterocycles. The minimum Gasteiger partial charge on any atom is -0.338 e. The highest BCUT2D eigenvalue weighted by Crippen LogP contribution is 2.20. The number of nitrogens with zero attached hydrogens (tertiary/aromatic N) is 3. The van der Waals surface area contributed by atoms with E-state index in [0.717, 1.165) is 37.4 Å². The summed E-state index contributed by atoms with van der Waals surface area (Å²) in [5.74, 6) is -0.0783. The topological polar surface area (TPSA) is 61.6 Å². The number of benzene rings is 1. The van der Waals surface area contributed by atoms with Crippen molar-refractivity contribution in [3.63, 3.8) is 0 Å². The second-order valence-corrected chi connectivity index (χ2v) is 6.95. The van der Waals surface area contributed by atoms with E-state index in [1.54, 1.807) is 19.1 Å². The van der Waals surface area contributed by atoms with E-state index in [0.29, 0.717) is 17.5 Å². The highest BCUT2D eigenvalue weighted by molar-refractivity contribution is 6.31. The number of nitrogens with one attached hydrogen (secondary N) is 1. The number of hydrogen-bond donors (Lipinski definition) is 1. The third kappa shape index (κ3) is 4.60. The van der Waals surface area contributed by atoms with Gasteiger partial charge in [0.25, 0.3) is 0 Å². The van der Waals surface area contributed by atoms with Crippen LogP contribution in [0.15, 0.2) is 28.8 Å². The Kier molecular flexibility index (Phi) is 5.90. The van der Waals surface area contributed by atoms with Crippen LogP contribution in [0.5, 0.6) is 0 Å². The summed E-state index contributed by atoms with van der Waals surface area (Å²) in [6.07, 6.45) is 0. The van der Waals surface area contributed by atoms with E-state index >= 15 is 0 Å².